The number of amides is 2. The maximum Gasteiger partial charge on any atom is 0.292 e. The molecule has 1 aliphatic carbocycles. The summed E-state index contributed by atoms with van der Waals surface area (Å²) in [6, 6.07) is 8.10. The number of hydrogen-bond acceptors (Lipinski definition) is 4. The third kappa shape index (κ3) is 3.12. The molecule has 29 heavy (non-hydrogen) atoms. The van der Waals surface area contributed by atoms with Gasteiger partial charge in [0.1, 0.15) is 5.82 Å². The van der Waals surface area contributed by atoms with Crippen LogP contribution in [0.25, 0.3) is 0 Å². The summed E-state index contributed by atoms with van der Waals surface area (Å²) in [6.45, 7) is 2.12. The summed E-state index contributed by atoms with van der Waals surface area (Å²) in [4.78, 5) is 29.7. The van der Waals surface area contributed by atoms with E-state index in [1.807, 2.05) is 4.90 Å². The molecular weight excluding hydrogens is 373 g/mol. The van der Waals surface area contributed by atoms with Gasteiger partial charge >= 0.3 is 0 Å². The lowest BCUT2D eigenvalue weighted by atomic mass is 9.73. The zero-order valence-electron chi connectivity index (χ0n) is 16.2. The Kier molecular flexibility index (Phi) is 4.41. The smallest absolute Gasteiger partial charge is 0.292 e. The highest BCUT2D eigenvalue weighted by Crippen LogP contribution is 2.43. The first-order valence-corrected chi connectivity index (χ1v) is 10.3. The van der Waals surface area contributed by atoms with Gasteiger partial charge in [-0.2, -0.15) is 0 Å². The molecule has 3 fully saturated rings. The third-order valence-corrected chi connectivity index (χ3v) is 6.88. The van der Waals surface area contributed by atoms with E-state index < -0.39 is 5.41 Å². The quantitative estimate of drug-likeness (QED) is 0.796. The van der Waals surface area contributed by atoms with Crippen LogP contribution in [0.2, 0.25) is 0 Å². The van der Waals surface area contributed by atoms with Gasteiger partial charge in [-0.15, -0.1) is 0 Å². The molecule has 2 amide bonds. The fourth-order valence-corrected chi connectivity index (χ4v) is 5.38. The molecule has 6 nitrogen and oxygen atoms in total. The van der Waals surface area contributed by atoms with Crippen LogP contribution in [-0.2, 0) is 11.2 Å². The van der Waals surface area contributed by atoms with E-state index in [2.05, 4.69) is 5.16 Å². The Labute approximate surface area is 168 Å². The molecule has 5 rings (SSSR count). The summed E-state index contributed by atoms with van der Waals surface area (Å²) in [7, 11) is 0. The Morgan fingerprint density at radius 3 is 2.48 bits per heavy atom. The fourth-order valence-electron chi connectivity index (χ4n) is 5.38. The van der Waals surface area contributed by atoms with E-state index in [-0.39, 0.29) is 36.5 Å². The molecule has 0 unspecified atom stereocenters. The Morgan fingerprint density at radius 1 is 1.10 bits per heavy atom. The average molecular weight is 397 g/mol. The van der Waals surface area contributed by atoms with Crippen molar-refractivity contribution >= 4 is 11.8 Å². The molecule has 152 valence electrons. The van der Waals surface area contributed by atoms with E-state index in [9.17, 15) is 14.0 Å². The standard InChI is InChI=1S/C22H24FN3O3/c23-18-7-2-1-4-15(18)10-22(13-26(14-22)20(27)19-8-9-24-29-19)21(28)25-11-16-5-3-6-17(16)12-25/h1-2,4,7-9,16-17H,3,5-6,10-14H2/t16-,17+. The van der Waals surface area contributed by atoms with Crippen LogP contribution in [0.3, 0.4) is 0 Å². The van der Waals surface area contributed by atoms with E-state index in [0.29, 0.717) is 23.8 Å². The van der Waals surface area contributed by atoms with Gasteiger partial charge in [-0.3, -0.25) is 9.59 Å². The zero-order chi connectivity index (χ0) is 20.0. The topological polar surface area (TPSA) is 66.7 Å². The maximum atomic E-state index is 14.4. The maximum absolute atomic E-state index is 14.4. The summed E-state index contributed by atoms with van der Waals surface area (Å²) < 4.78 is 19.3. The molecule has 3 aliphatic rings. The van der Waals surface area contributed by atoms with Gasteiger partial charge < -0.3 is 14.3 Å². The molecule has 2 saturated heterocycles. The first kappa shape index (κ1) is 18.3. The van der Waals surface area contributed by atoms with Crippen LogP contribution in [0.15, 0.2) is 41.1 Å². The molecule has 0 N–H and O–H groups in total. The van der Waals surface area contributed by atoms with Crippen molar-refractivity contribution in [1.29, 1.82) is 0 Å². The molecule has 7 heteroatoms. The number of halogens is 1. The van der Waals surface area contributed by atoms with Crippen LogP contribution < -0.4 is 0 Å². The lowest BCUT2D eigenvalue weighted by Crippen LogP contribution is -2.66. The number of carbonyl (C=O) groups is 2. The van der Waals surface area contributed by atoms with Gasteiger partial charge in [-0.1, -0.05) is 29.8 Å². The number of hydrogen-bond donors (Lipinski definition) is 0. The minimum Gasteiger partial charge on any atom is -0.351 e. The Balaban J connectivity index is 1.37. The predicted octanol–water partition coefficient (Wildman–Crippen LogP) is 2.76. The van der Waals surface area contributed by atoms with E-state index >= 15 is 0 Å². The van der Waals surface area contributed by atoms with Crippen molar-refractivity contribution in [2.75, 3.05) is 26.2 Å². The van der Waals surface area contributed by atoms with Gasteiger partial charge in [0.25, 0.3) is 5.91 Å². The Hall–Kier alpha value is -2.70. The van der Waals surface area contributed by atoms with Gasteiger partial charge in [-0.05, 0) is 42.7 Å². The summed E-state index contributed by atoms with van der Waals surface area (Å²) >= 11 is 0. The predicted molar refractivity (Wildman–Crippen MR) is 102 cm³/mol. The highest BCUT2D eigenvalue weighted by atomic mass is 19.1. The van der Waals surface area contributed by atoms with Gasteiger partial charge in [-0.25, -0.2) is 4.39 Å². The largest absolute Gasteiger partial charge is 0.351 e. The lowest BCUT2D eigenvalue weighted by molar-refractivity contribution is -0.150. The number of benzene rings is 1. The van der Waals surface area contributed by atoms with Crippen LogP contribution in [0.1, 0.15) is 35.4 Å². The number of fused-ring (bicyclic) bond motifs is 1. The lowest BCUT2D eigenvalue weighted by Gasteiger charge is -2.50. The average Bonchev–Trinajstić information content (AvgIpc) is 3.41. The molecule has 2 aromatic rings. The van der Waals surface area contributed by atoms with Crippen molar-refractivity contribution in [3.8, 4) is 0 Å². The van der Waals surface area contributed by atoms with Crippen LogP contribution in [0.4, 0.5) is 4.39 Å². The van der Waals surface area contributed by atoms with Crippen LogP contribution in [-0.4, -0.2) is 52.9 Å². The molecule has 0 bridgehead atoms. The van der Waals surface area contributed by atoms with Crippen molar-refractivity contribution in [2.45, 2.75) is 25.7 Å². The second kappa shape index (κ2) is 6.97. The van der Waals surface area contributed by atoms with Crippen molar-refractivity contribution in [2.24, 2.45) is 17.3 Å². The van der Waals surface area contributed by atoms with Crippen LogP contribution in [0, 0.1) is 23.1 Å². The number of rotatable bonds is 4. The van der Waals surface area contributed by atoms with Gasteiger partial charge in [0.05, 0.1) is 11.6 Å². The summed E-state index contributed by atoms with van der Waals surface area (Å²) in [6.07, 6.45) is 5.34. The second-order valence-electron chi connectivity index (χ2n) is 8.75. The number of carbonyl (C=O) groups excluding carboxylic acids is 2. The molecule has 2 atom stereocenters. The normalized spacial score (nSPS) is 25.0. The first-order chi connectivity index (χ1) is 14.1. The second-order valence-corrected chi connectivity index (χ2v) is 8.75. The minimum absolute atomic E-state index is 0.0526. The molecule has 1 saturated carbocycles. The minimum atomic E-state index is -0.781. The monoisotopic (exact) mass is 397 g/mol. The summed E-state index contributed by atoms with van der Waals surface area (Å²) in [5.41, 5.74) is -0.261. The SMILES string of the molecule is O=C(c1ccno1)N1CC(Cc2ccccc2F)(C(=O)N2C[C@H]3CCC[C@H]3C2)C1. The number of likely N-dealkylation sites (tertiary alicyclic amines) is 2. The van der Waals surface area contributed by atoms with Gasteiger partial charge in [0.15, 0.2) is 0 Å². The van der Waals surface area contributed by atoms with Crippen molar-refractivity contribution in [3.63, 3.8) is 0 Å². The van der Waals surface area contributed by atoms with E-state index in [0.717, 1.165) is 13.1 Å². The number of aromatic nitrogens is 1. The molecule has 3 heterocycles. The molecule has 0 spiro atoms. The molecule has 0 radical (unpaired) electrons. The van der Waals surface area contributed by atoms with Gasteiger partial charge in [0.2, 0.25) is 11.7 Å². The highest BCUT2D eigenvalue weighted by molar-refractivity contribution is 5.95. The fraction of sp³-hybridized carbons (Fsp3) is 0.500. The third-order valence-electron chi connectivity index (χ3n) is 6.88. The van der Waals surface area contributed by atoms with E-state index in [1.165, 1.54) is 37.6 Å². The molecule has 1 aromatic heterocycles. The molecule has 2 aliphatic heterocycles. The molecule has 1 aromatic carbocycles. The summed E-state index contributed by atoms with van der Waals surface area (Å²) in [5.74, 6) is 0.813. The van der Waals surface area contributed by atoms with Crippen molar-refractivity contribution in [3.05, 3.63) is 53.7 Å². The van der Waals surface area contributed by atoms with Crippen molar-refractivity contribution in [1.82, 2.24) is 15.0 Å². The van der Waals surface area contributed by atoms with E-state index in [1.54, 1.807) is 23.1 Å². The van der Waals surface area contributed by atoms with Crippen LogP contribution in [0.5, 0.6) is 0 Å². The Bertz CT molecular complexity index is 911. The molecular formula is C22H24FN3O3. The van der Waals surface area contributed by atoms with Crippen LogP contribution >= 0.6 is 0 Å². The van der Waals surface area contributed by atoms with Gasteiger partial charge in [0, 0.05) is 32.2 Å². The summed E-state index contributed by atoms with van der Waals surface area (Å²) in [5, 5.41) is 3.58. The zero-order valence-corrected chi connectivity index (χ0v) is 16.2. The first-order valence-electron chi connectivity index (χ1n) is 10.3. The number of nitrogens with zero attached hydrogens (tertiary/aromatic N) is 3. The van der Waals surface area contributed by atoms with E-state index in [4.69, 9.17) is 4.52 Å². The Morgan fingerprint density at radius 2 is 1.83 bits per heavy atom. The van der Waals surface area contributed by atoms with Crippen molar-refractivity contribution < 1.29 is 18.5 Å². The highest BCUT2D eigenvalue weighted by Gasteiger charge is 2.54.